The second-order valence-electron chi connectivity index (χ2n) is 4.67. The van der Waals surface area contributed by atoms with Crippen molar-refractivity contribution in [3.05, 3.63) is 28.5 Å². The van der Waals surface area contributed by atoms with Crippen LogP contribution < -0.4 is 5.73 Å². The lowest BCUT2D eigenvalue weighted by molar-refractivity contribution is 0.314. The van der Waals surface area contributed by atoms with Crippen molar-refractivity contribution in [2.75, 3.05) is 0 Å². The van der Waals surface area contributed by atoms with E-state index in [2.05, 4.69) is 0 Å². The van der Waals surface area contributed by atoms with Gasteiger partial charge in [0, 0.05) is 16.6 Å². The maximum absolute atomic E-state index is 13.2. The van der Waals surface area contributed by atoms with E-state index < -0.39 is 17.6 Å². The molecule has 0 saturated carbocycles. The van der Waals surface area contributed by atoms with Gasteiger partial charge in [-0.1, -0.05) is 32.4 Å². The Morgan fingerprint density at radius 2 is 1.93 bits per heavy atom. The van der Waals surface area contributed by atoms with Crippen LogP contribution in [0.5, 0.6) is 5.75 Å². The van der Waals surface area contributed by atoms with Crippen molar-refractivity contribution < 1.29 is 9.50 Å². The molecule has 1 aromatic rings. The zero-order valence-electron chi connectivity index (χ0n) is 9.01. The maximum atomic E-state index is 13.2. The van der Waals surface area contributed by atoms with Crippen LogP contribution in [0.2, 0.25) is 5.02 Å². The zero-order chi connectivity index (χ0) is 11.8. The molecule has 0 aliphatic rings. The van der Waals surface area contributed by atoms with E-state index in [-0.39, 0.29) is 10.4 Å². The molecule has 0 saturated heterocycles. The lowest BCUT2D eigenvalue weighted by atomic mass is 9.83. The number of hydrogen-bond acceptors (Lipinski definition) is 2. The molecule has 0 heterocycles. The van der Waals surface area contributed by atoms with Gasteiger partial charge in [0.2, 0.25) is 0 Å². The number of phenolic OH excluding ortho intramolecular Hbond substituents is 1. The van der Waals surface area contributed by atoms with Gasteiger partial charge in [0.25, 0.3) is 0 Å². The van der Waals surface area contributed by atoms with E-state index in [0.29, 0.717) is 5.56 Å². The Morgan fingerprint density at radius 1 is 1.40 bits per heavy atom. The number of hydrogen-bond donors (Lipinski definition) is 2. The van der Waals surface area contributed by atoms with Crippen LogP contribution in [0.25, 0.3) is 0 Å². The first-order valence-corrected chi connectivity index (χ1v) is 5.04. The van der Waals surface area contributed by atoms with Gasteiger partial charge in [-0.25, -0.2) is 4.39 Å². The number of halogens is 2. The summed E-state index contributed by atoms with van der Waals surface area (Å²) in [5.74, 6) is -1.15. The standard InChI is InChI=1S/C11H15ClFNO/c1-11(2,3)10(14)7-4-6(12)5-8(13)9(7)15/h4-5,10,15H,14H2,1-3H3/t10-/m1/s1. The van der Waals surface area contributed by atoms with E-state index >= 15 is 0 Å². The first kappa shape index (κ1) is 12.3. The Morgan fingerprint density at radius 3 is 2.40 bits per heavy atom. The third-order valence-electron chi connectivity index (χ3n) is 2.33. The normalized spacial score (nSPS) is 14.0. The third kappa shape index (κ3) is 2.61. The summed E-state index contributed by atoms with van der Waals surface area (Å²) >= 11 is 5.71. The number of rotatable bonds is 1. The average Bonchev–Trinajstić information content (AvgIpc) is 2.08. The van der Waals surface area contributed by atoms with Crippen molar-refractivity contribution in [3.8, 4) is 5.75 Å². The van der Waals surface area contributed by atoms with Crippen molar-refractivity contribution in [1.82, 2.24) is 0 Å². The molecule has 0 amide bonds. The molecule has 0 spiro atoms. The monoisotopic (exact) mass is 231 g/mol. The molecule has 84 valence electrons. The molecule has 0 aliphatic carbocycles. The largest absolute Gasteiger partial charge is 0.505 e. The minimum absolute atomic E-state index is 0.236. The van der Waals surface area contributed by atoms with E-state index in [1.165, 1.54) is 6.07 Å². The molecule has 1 atom stereocenters. The van der Waals surface area contributed by atoms with Crippen LogP contribution in [0.15, 0.2) is 12.1 Å². The summed E-state index contributed by atoms with van der Waals surface area (Å²) < 4.78 is 13.2. The lowest BCUT2D eigenvalue weighted by Gasteiger charge is -2.28. The zero-order valence-corrected chi connectivity index (χ0v) is 9.77. The molecule has 2 nitrogen and oxygen atoms in total. The summed E-state index contributed by atoms with van der Waals surface area (Å²) in [5.41, 5.74) is 6.00. The second-order valence-corrected chi connectivity index (χ2v) is 5.11. The van der Waals surface area contributed by atoms with Gasteiger partial charge in [-0.2, -0.15) is 0 Å². The fourth-order valence-corrected chi connectivity index (χ4v) is 1.50. The first-order chi connectivity index (χ1) is 6.73. The molecule has 1 aromatic carbocycles. The Bertz CT molecular complexity index is 374. The molecule has 0 aromatic heterocycles. The predicted octanol–water partition coefficient (Wildman–Crippen LogP) is 3.23. The highest BCUT2D eigenvalue weighted by Crippen LogP contribution is 2.37. The van der Waals surface area contributed by atoms with Gasteiger partial charge in [0.05, 0.1) is 0 Å². The summed E-state index contributed by atoms with van der Waals surface area (Å²) in [5, 5.41) is 9.78. The SMILES string of the molecule is CC(C)(C)[C@H](N)c1cc(Cl)cc(F)c1O. The summed E-state index contributed by atoms with van der Waals surface area (Å²) in [4.78, 5) is 0. The maximum Gasteiger partial charge on any atom is 0.166 e. The quantitative estimate of drug-likeness (QED) is 0.780. The van der Waals surface area contributed by atoms with Gasteiger partial charge in [0.1, 0.15) is 0 Å². The average molecular weight is 232 g/mol. The molecular weight excluding hydrogens is 217 g/mol. The second kappa shape index (κ2) is 3.99. The molecule has 15 heavy (non-hydrogen) atoms. The minimum atomic E-state index is -0.739. The molecule has 1 rings (SSSR count). The van der Waals surface area contributed by atoms with E-state index in [9.17, 15) is 9.50 Å². The highest BCUT2D eigenvalue weighted by molar-refractivity contribution is 6.30. The number of benzene rings is 1. The smallest absolute Gasteiger partial charge is 0.166 e. The molecule has 3 N–H and O–H groups in total. The van der Waals surface area contributed by atoms with E-state index in [1.807, 2.05) is 20.8 Å². The van der Waals surface area contributed by atoms with Gasteiger partial charge < -0.3 is 10.8 Å². The van der Waals surface area contributed by atoms with Gasteiger partial charge in [-0.05, 0) is 17.5 Å². The van der Waals surface area contributed by atoms with E-state index in [4.69, 9.17) is 17.3 Å². The van der Waals surface area contributed by atoms with Gasteiger partial charge in [0.15, 0.2) is 11.6 Å². The Kier molecular flexibility index (Phi) is 3.26. The number of aromatic hydroxyl groups is 1. The van der Waals surface area contributed by atoms with Crippen molar-refractivity contribution in [3.63, 3.8) is 0 Å². The summed E-state index contributed by atoms with van der Waals surface area (Å²) in [7, 11) is 0. The highest BCUT2D eigenvalue weighted by atomic mass is 35.5. The van der Waals surface area contributed by atoms with Crippen molar-refractivity contribution in [1.29, 1.82) is 0 Å². The van der Waals surface area contributed by atoms with Crippen LogP contribution in [0.4, 0.5) is 4.39 Å². The molecule has 0 radical (unpaired) electrons. The van der Waals surface area contributed by atoms with Crippen LogP contribution in [0.1, 0.15) is 32.4 Å². The van der Waals surface area contributed by atoms with Crippen LogP contribution in [0.3, 0.4) is 0 Å². The first-order valence-electron chi connectivity index (χ1n) is 4.67. The topological polar surface area (TPSA) is 46.2 Å². The van der Waals surface area contributed by atoms with Crippen molar-refractivity contribution in [2.45, 2.75) is 26.8 Å². The minimum Gasteiger partial charge on any atom is -0.505 e. The van der Waals surface area contributed by atoms with E-state index in [1.54, 1.807) is 0 Å². The van der Waals surface area contributed by atoms with Gasteiger partial charge in [-0.3, -0.25) is 0 Å². The molecule has 0 fully saturated rings. The third-order valence-corrected chi connectivity index (χ3v) is 2.54. The van der Waals surface area contributed by atoms with E-state index in [0.717, 1.165) is 6.07 Å². The van der Waals surface area contributed by atoms with Crippen LogP contribution >= 0.6 is 11.6 Å². The summed E-state index contributed by atoms with van der Waals surface area (Å²) in [6.07, 6.45) is 0. The van der Waals surface area contributed by atoms with Crippen molar-refractivity contribution >= 4 is 11.6 Å². The molecule has 0 bridgehead atoms. The van der Waals surface area contributed by atoms with Crippen LogP contribution in [0, 0.1) is 11.2 Å². The lowest BCUT2D eigenvalue weighted by Crippen LogP contribution is -2.26. The predicted molar refractivity (Wildman–Crippen MR) is 59.5 cm³/mol. The molecule has 0 unspecified atom stereocenters. The van der Waals surface area contributed by atoms with Crippen molar-refractivity contribution in [2.24, 2.45) is 11.1 Å². The fourth-order valence-electron chi connectivity index (χ4n) is 1.29. The highest BCUT2D eigenvalue weighted by Gasteiger charge is 2.26. The van der Waals surface area contributed by atoms with Crippen LogP contribution in [-0.4, -0.2) is 5.11 Å². The molecular formula is C11H15ClFNO. The Hall–Kier alpha value is -0.800. The number of nitrogens with two attached hydrogens (primary N) is 1. The Labute approximate surface area is 93.9 Å². The van der Waals surface area contributed by atoms with Gasteiger partial charge in [-0.15, -0.1) is 0 Å². The van der Waals surface area contributed by atoms with Gasteiger partial charge >= 0.3 is 0 Å². The molecule has 0 aliphatic heterocycles. The number of phenols is 1. The Balaban J connectivity index is 3.25. The fraction of sp³-hybridized carbons (Fsp3) is 0.455. The van der Waals surface area contributed by atoms with Crippen LogP contribution in [-0.2, 0) is 0 Å². The summed E-state index contributed by atoms with van der Waals surface area (Å²) in [6.45, 7) is 5.74. The molecule has 4 heteroatoms. The summed E-state index contributed by atoms with van der Waals surface area (Å²) in [6, 6.07) is 2.09.